The van der Waals surface area contributed by atoms with Crippen LogP contribution in [0.2, 0.25) is 25.7 Å². The minimum absolute atomic E-state index is 0.288. The van der Waals surface area contributed by atoms with Gasteiger partial charge in [-0.15, -0.1) is 0 Å². The molecule has 21 heavy (non-hydrogen) atoms. The second kappa shape index (κ2) is 10.9. The summed E-state index contributed by atoms with van der Waals surface area (Å²) < 4.78 is 18.9. The molecule has 0 rings (SSSR count). The maximum atomic E-state index is 6.56. The molecule has 4 nitrogen and oxygen atoms in total. The van der Waals surface area contributed by atoms with Gasteiger partial charge in [-0.05, 0) is 32.2 Å². The predicted octanol–water partition coefficient (Wildman–Crippen LogP) is 3.80. The maximum Gasteiger partial charge on any atom is 0.500 e. The highest BCUT2D eigenvalue weighted by molar-refractivity contribution is 6.78. The van der Waals surface area contributed by atoms with Crippen LogP contribution in [0.3, 0.4) is 0 Å². The van der Waals surface area contributed by atoms with Crippen molar-refractivity contribution in [2.45, 2.75) is 77.9 Å². The molecule has 0 saturated heterocycles. The molecule has 0 aromatic heterocycles. The highest BCUT2D eigenvalue weighted by Crippen LogP contribution is 2.26. The van der Waals surface area contributed by atoms with Crippen LogP contribution in [0, 0.1) is 0 Å². The lowest BCUT2D eigenvalue weighted by molar-refractivity contribution is 0.0451. The largest absolute Gasteiger partial charge is 0.500 e. The number of hydrogen-bond acceptors (Lipinski definition) is 4. The molecule has 0 heterocycles. The predicted molar refractivity (Wildman–Crippen MR) is 95.2 cm³/mol. The Hall–Kier alpha value is 0.274. The van der Waals surface area contributed by atoms with Crippen molar-refractivity contribution in [1.82, 2.24) is 0 Å². The van der Waals surface area contributed by atoms with Gasteiger partial charge in [0, 0.05) is 25.0 Å². The van der Waals surface area contributed by atoms with Gasteiger partial charge in [0.1, 0.15) is 0 Å². The van der Waals surface area contributed by atoms with Crippen molar-refractivity contribution in [1.29, 1.82) is 0 Å². The Labute approximate surface area is 134 Å². The second-order valence-corrected chi connectivity index (χ2v) is 14.7. The third-order valence-corrected chi connectivity index (χ3v) is 8.99. The molecule has 0 amide bonds. The average Bonchev–Trinajstić information content (AvgIpc) is 2.44. The second-order valence-electron chi connectivity index (χ2n) is 6.65. The molecular weight excluding hydrogens is 298 g/mol. The Balaban J connectivity index is 5.08. The number of hydrogen-bond donors (Lipinski definition) is 1. The van der Waals surface area contributed by atoms with Gasteiger partial charge in [0.15, 0.2) is 0 Å². The van der Waals surface area contributed by atoms with Crippen LogP contribution in [0.4, 0.5) is 0 Å². The van der Waals surface area contributed by atoms with Crippen LogP contribution < -0.4 is 5.73 Å². The van der Waals surface area contributed by atoms with Crippen LogP contribution in [0.25, 0.3) is 0 Å². The quantitative estimate of drug-likeness (QED) is 0.520. The van der Waals surface area contributed by atoms with Gasteiger partial charge in [-0.1, -0.05) is 40.4 Å². The Bertz CT molecular complexity index is 238. The molecular formula is C15H37NO3Si2. The van der Waals surface area contributed by atoms with Crippen molar-refractivity contribution in [2.24, 2.45) is 5.73 Å². The van der Waals surface area contributed by atoms with Crippen LogP contribution in [-0.4, -0.2) is 42.4 Å². The Morgan fingerprint density at radius 3 is 1.81 bits per heavy atom. The van der Waals surface area contributed by atoms with Gasteiger partial charge in [-0.25, -0.2) is 0 Å². The molecule has 0 aliphatic heterocycles. The molecule has 0 aliphatic carbocycles. The molecule has 0 fully saturated rings. The minimum Gasteiger partial charge on any atom is -0.374 e. The first-order chi connectivity index (χ1) is 9.85. The summed E-state index contributed by atoms with van der Waals surface area (Å²) in [6.07, 6.45) is 3.90. The summed E-state index contributed by atoms with van der Waals surface area (Å²) >= 11 is 0. The van der Waals surface area contributed by atoms with Gasteiger partial charge in [0.25, 0.3) is 0 Å². The van der Waals surface area contributed by atoms with Crippen LogP contribution in [0.1, 0.15) is 46.5 Å². The third-order valence-electron chi connectivity index (χ3n) is 3.40. The molecule has 128 valence electrons. The summed E-state index contributed by atoms with van der Waals surface area (Å²) in [5.74, 6) is 0. The highest BCUT2D eigenvalue weighted by Gasteiger charge is 2.45. The SMILES string of the molecule is CCCO[Si](CCCN)(OCCC)OC(CC)[Si](C)(C)C. The fourth-order valence-electron chi connectivity index (χ4n) is 2.24. The summed E-state index contributed by atoms with van der Waals surface area (Å²) in [4.78, 5) is 0. The number of nitrogens with two attached hydrogens (primary N) is 1. The Kier molecular flexibility index (Phi) is 11.1. The highest BCUT2D eigenvalue weighted by atomic mass is 28.4. The fourth-order valence-corrected chi connectivity index (χ4v) is 8.31. The molecule has 0 spiro atoms. The van der Waals surface area contributed by atoms with Gasteiger partial charge in [0.2, 0.25) is 0 Å². The maximum absolute atomic E-state index is 6.56. The Morgan fingerprint density at radius 2 is 1.48 bits per heavy atom. The lowest BCUT2D eigenvalue weighted by atomic mass is 10.5. The van der Waals surface area contributed by atoms with E-state index >= 15 is 0 Å². The zero-order valence-electron chi connectivity index (χ0n) is 15.0. The first kappa shape index (κ1) is 21.3. The van der Waals surface area contributed by atoms with E-state index in [9.17, 15) is 0 Å². The van der Waals surface area contributed by atoms with E-state index in [2.05, 4.69) is 40.4 Å². The van der Waals surface area contributed by atoms with Crippen LogP contribution in [-0.2, 0) is 13.3 Å². The van der Waals surface area contributed by atoms with E-state index in [1.165, 1.54) is 0 Å². The molecule has 0 saturated carbocycles. The molecule has 1 unspecified atom stereocenters. The molecule has 0 aromatic rings. The van der Waals surface area contributed by atoms with E-state index in [4.69, 9.17) is 19.0 Å². The first-order valence-corrected chi connectivity index (χ1v) is 14.0. The van der Waals surface area contributed by atoms with Crippen molar-refractivity contribution in [3.05, 3.63) is 0 Å². The fraction of sp³-hybridized carbons (Fsp3) is 1.00. The van der Waals surface area contributed by atoms with Crippen molar-refractivity contribution >= 4 is 16.9 Å². The van der Waals surface area contributed by atoms with Gasteiger partial charge in [0.05, 0.1) is 8.07 Å². The van der Waals surface area contributed by atoms with Crippen molar-refractivity contribution in [2.75, 3.05) is 19.8 Å². The zero-order chi connectivity index (χ0) is 16.4. The van der Waals surface area contributed by atoms with Gasteiger partial charge in [-0.2, -0.15) is 0 Å². The van der Waals surface area contributed by atoms with E-state index in [0.717, 1.165) is 31.7 Å². The van der Waals surface area contributed by atoms with Gasteiger partial charge >= 0.3 is 8.80 Å². The van der Waals surface area contributed by atoms with Crippen molar-refractivity contribution in [3.8, 4) is 0 Å². The summed E-state index contributed by atoms with van der Waals surface area (Å²) in [5, 5.41) is 0. The minimum atomic E-state index is -2.60. The molecule has 6 heteroatoms. The summed E-state index contributed by atoms with van der Waals surface area (Å²) in [5.41, 5.74) is 5.99. The van der Waals surface area contributed by atoms with Crippen LogP contribution in [0.15, 0.2) is 0 Å². The molecule has 0 radical (unpaired) electrons. The van der Waals surface area contributed by atoms with Crippen LogP contribution >= 0.6 is 0 Å². The standard InChI is InChI=1S/C15H37NO3Si2/c1-7-12-17-21(14-10-11-16,18-13-8-2)19-15(9-3)20(4,5)6/h15H,7-14,16H2,1-6H3. The molecule has 0 aromatic carbocycles. The Morgan fingerprint density at radius 1 is 0.952 bits per heavy atom. The van der Waals surface area contributed by atoms with Crippen LogP contribution in [0.5, 0.6) is 0 Å². The topological polar surface area (TPSA) is 53.7 Å². The lowest BCUT2D eigenvalue weighted by Gasteiger charge is -2.37. The lowest BCUT2D eigenvalue weighted by Crippen LogP contribution is -2.54. The molecule has 0 aliphatic rings. The average molecular weight is 336 g/mol. The zero-order valence-corrected chi connectivity index (χ0v) is 17.0. The summed E-state index contributed by atoms with van der Waals surface area (Å²) in [6.45, 7) is 15.6. The van der Waals surface area contributed by atoms with Crippen molar-refractivity contribution < 1.29 is 13.3 Å². The molecule has 1 atom stereocenters. The monoisotopic (exact) mass is 335 g/mol. The van der Waals surface area contributed by atoms with Crippen molar-refractivity contribution in [3.63, 3.8) is 0 Å². The molecule has 2 N–H and O–H groups in total. The normalized spacial score (nSPS) is 14.4. The van der Waals surface area contributed by atoms with E-state index in [1.54, 1.807) is 0 Å². The summed E-state index contributed by atoms with van der Waals surface area (Å²) in [7, 11) is -3.99. The van der Waals surface area contributed by atoms with Gasteiger partial charge in [-0.3, -0.25) is 0 Å². The third kappa shape index (κ3) is 8.47. The smallest absolute Gasteiger partial charge is 0.374 e. The number of rotatable bonds is 13. The van der Waals surface area contributed by atoms with E-state index < -0.39 is 16.9 Å². The van der Waals surface area contributed by atoms with Gasteiger partial charge < -0.3 is 19.0 Å². The molecule has 0 bridgehead atoms. The van der Waals surface area contributed by atoms with E-state index in [0.29, 0.717) is 19.8 Å². The van der Waals surface area contributed by atoms with E-state index in [-0.39, 0.29) is 5.73 Å². The van der Waals surface area contributed by atoms with E-state index in [1.807, 2.05) is 0 Å². The first-order valence-electron chi connectivity index (χ1n) is 8.51. The summed E-state index contributed by atoms with van der Waals surface area (Å²) in [6, 6.07) is 0.838.